The third-order valence-corrected chi connectivity index (χ3v) is 4.54. The van der Waals surface area contributed by atoms with Crippen LogP contribution < -0.4 is 20.1 Å². The van der Waals surface area contributed by atoms with E-state index >= 15 is 0 Å². The van der Waals surface area contributed by atoms with Gasteiger partial charge in [0.1, 0.15) is 5.82 Å². The molecule has 1 atom stereocenters. The van der Waals surface area contributed by atoms with Gasteiger partial charge in [0.2, 0.25) is 5.91 Å². The van der Waals surface area contributed by atoms with Gasteiger partial charge in [0.25, 0.3) is 0 Å². The summed E-state index contributed by atoms with van der Waals surface area (Å²) in [7, 11) is 1.91. The van der Waals surface area contributed by atoms with Crippen molar-refractivity contribution in [3.63, 3.8) is 0 Å². The van der Waals surface area contributed by atoms with Crippen LogP contribution in [0.3, 0.4) is 0 Å². The predicted octanol–water partition coefficient (Wildman–Crippen LogP) is 1.75. The smallest absolute Gasteiger partial charge is 0.395 e. The van der Waals surface area contributed by atoms with E-state index in [9.17, 15) is 13.6 Å². The summed E-state index contributed by atoms with van der Waals surface area (Å²) in [5.74, 6) is 0.461. The lowest BCUT2D eigenvalue weighted by Crippen LogP contribution is -2.49. The average molecular weight is 416 g/mol. The third kappa shape index (κ3) is 4.18. The second kappa shape index (κ2) is 7.90. The van der Waals surface area contributed by atoms with Gasteiger partial charge in [-0.15, -0.1) is 21.2 Å². The van der Waals surface area contributed by atoms with Crippen LogP contribution in [0.5, 0.6) is 11.5 Å². The molecular weight excluding hydrogens is 396 g/mol. The molecule has 28 heavy (non-hydrogen) atoms. The number of hydrogen-bond donors (Lipinski definition) is 2. The molecule has 2 aliphatic rings. The number of benzene rings is 1. The number of carbonyl (C=O) groups is 1. The van der Waals surface area contributed by atoms with Gasteiger partial charge in [0.05, 0.1) is 12.6 Å². The first kappa shape index (κ1) is 20.3. The minimum atomic E-state index is -3.68. The Morgan fingerprint density at radius 1 is 1.39 bits per heavy atom. The van der Waals surface area contributed by atoms with Gasteiger partial charge < -0.3 is 24.7 Å². The maximum absolute atomic E-state index is 13.1. The first-order valence-electron chi connectivity index (χ1n) is 8.53. The molecule has 1 amide bonds. The number of nitrogens with one attached hydrogen (secondary N) is 2. The first-order chi connectivity index (χ1) is 12.9. The van der Waals surface area contributed by atoms with Crippen LogP contribution in [-0.4, -0.2) is 52.8 Å². The second-order valence-corrected chi connectivity index (χ2v) is 6.46. The van der Waals surface area contributed by atoms with Gasteiger partial charge in [-0.05, 0) is 12.1 Å². The molecule has 0 spiro atoms. The topological polar surface area (TPSA) is 80.7 Å². The van der Waals surface area contributed by atoms with E-state index in [4.69, 9.17) is 0 Å². The zero-order chi connectivity index (χ0) is 19.0. The summed E-state index contributed by atoms with van der Waals surface area (Å²) in [4.78, 5) is 18.9. The van der Waals surface area contributed by atoms with Gasteiger partial charge in [-0.25, -0.2) is 4.98 Å². The summed E-state index contributed by atoms with van der Waals surface area (Å²) in [6.07, 6.45) is -0.0871. The van der Waals surface area contributed by atoms with Crippen LogP contribution in [0, 0.1) is 0 Å². The van der Waals surface area contributed by atoms with Crippen LogP contribution >= 0.6 is 12.4 Å². The van der Waals surface area contributed by atoms with Gasteiger partial charge in [0.15, 0.2) is 11.5 Å². The van der Waals surface area contributed by atoms with E-state index in [-0.39, 0.29) is 42.4 Å². The summed E-state index contributed by atoms with van der Waals surface area (Å²) in [6.45, 7) is 2.31. The number of anilines is 1. The Morgan fingerprint density at radius 3 is 2.93 bits per heavy atom. The molecular formula is C17H20ClF2N5O3. The quantitative estimate of drug-likeness (QED) is 0.792. The lowest BCUT2D eigenvalue weighted by molar-refractivity contribution is -0.286. The Morgan fingerprint density at radius 2 is 2.18 bits per heavy atom. The molecule has 0 radical (unpaired) electrons. The van der Waals surface area contributed by atoms with E-state index in [1.165, 1.54) is 18.2 Å². The largest absolute Gasteiger partial charge is 0.586 e. The number of hydrogen-bond acceptors (Lipinski definition) is 6. The van der Waals surface area contributed by atoms with Crippen LogP contribution in [0.15, 0.2) is 30.6 Å². The lowest BCUT2D eigenvalue weighted by atomic mass is 10.1. The molecule has 4 rings (SSSR count). The number of halogens is 3. The highest BCUT2D eigenvalue weighted by Crippen LogP contribution is 2.42. The van der Waals surface area contributed by atoms with E-state index in [0.717, 1.165) is 12.4 Å². The van der Waals surface area contributed by atoms with Crippen molar-refractivity contribution in [1.82, 2.24) is 19.8 Å². The SMILES string of the molecule is Cl.Cn1ccnc1C1CNCCN1CC(=O)Nc1ccc2c(c1)OC(F)(F)O2. The number of amides is 1. The van der Waals surface area contributed by atoms with Gasteiger partial charge in [0, 0.05) is 50.8 Å². The molecule has 2 aliphatic heterocycles. The number of piperazine rings is 1. The number of aromatic nitrogens is 2. The van der Waals surface area contributed by atoms with Gasteiger partial charge >= 0.3 is 6.29 Å². The van der Waals surface area contributed by atoms with E-state index in [2.05, 4.69) is 25.1 Å². The molecule has 0 saturated carbocycles. The van der Waals surface area contributed by atoms with Gasteiger partial charge in [-0.1, -0.05) is 0 Å². The maximum atomic E-state index is 13.1. The maximum Gasteiger partial charge on any atom is 0.586 e. The predicted molar refractivity (Wildman–Crippen MR) is 98.9 cm³/mol. The third-order valence-electron chi connectivity index (χ3n) is 4.54. The molecule has 0 aliphatic carbocycles. The fourth-order valence-electron chi connectivity index (χ4n) is 3.30. The number of imidazole rings is 1. The standard InChI is InChI=1S/C17H19F2N5O3.ClH/c1-23-6-5-21-16(23)12-9-20-4-7-24(12)10-15(25)22-11-2-3-13-14(8-11)27-17(18,19)26-13;/h2-3,5-6,8,12,20H,4,7,9-10H2,1H3,(H,22,25);1H. The number of ether oxygens (including phenoxy) is 2. The summed E-state index contributed by atoms with van der Waals surface area (Å²) in [5.41, 5.74) is 0.365. The number of carbonyl (C=O) groups excluding carboxylic acids is 1. The lowest BCUT2D eigenvalue weighted by Gasteiger charge is -2.35. The molecule has 1 unspecified atom stereocenters. The Labute approximate surface area is 166 Å². The van der Waals surface area contributed by atoms with Crippen molar-refractivity contribution in [1.29, 1.82) is 0 Å². The van der Waals surface area contributed by atoms with Crippen LogP contribution in [0.25, 0.3) is 0 Å². The number of aryl methyl sites for hydroxylation is 1. The highest BCUT2D eigenvalue weighted by Gasteiger charge is 2.43. The van der Waals surface area contributed by atoms with Crippen molar-refractivity contribution >= 4 is 24.0 Å². The Hall–Kier alpha value is -2.43. The number of fused-ring (bicyclic) bond motifs is 1. The first-order valence-corrected chi connectivity index (χ1v) is 8.53. The van der Waals surface area contributed by atoms with E-state index in [1.807, 2.05) is 22.7 Å². The highest BCUT2D eigenvalue weighted by atomic mass is 35.5. The zero-order valence-corrected chi connectivity index (χ0v) is 15.8. The molecule has 3 heterocycles. The number of rotatable bonds is 4. The Balaban J connectivity index is 0.00000225. The van der Waals surface area contributed by atoms with E-state index < -0.39 is 6.29 Å². The highest BCUT2D eigenvalue weighted by molar-refractivity contribution is 5.92. The van der Waals surface area contributed by atoms with Gasteiger partial charge in [-0.3, -0.25) is 9.69 Å². The van der Waals surface area contributed by atoms with Crippen molar-refractivity contribution in [3.8, 4) is 11.5 Å². The van der Waals surface area contributed by atoms with Gasteiger partial charge in [-0.2, -0.15) is 0 Å². The van der Waals surface area contributed by atoms with Crippen molar-refractivity contribution in [3.05, 3.63) is 36.4 Å². The summed E-state index contributed by atoms with van der Waals surface area (Å²) >= 11 is 0. The molecule has 2 aromatic rings. The van der Waals surface area contributed by atoms with Crippen molar-refractivity contribution < 1.29 is 23.0 Å². The van der Waals surface area contributed by atoms with Crippen molar-refractivity contribution in [2.75, 3.05) is 31.5 Å². The monoisotopic (exact) mass is 415 g/mol. The van der Waals surface area contributed by atoms with Crippen LogP contribution in [-0.2, 0) is 11.8 Å². The zero-order valence-electron chi connectivity index (χ0n) is 15.0. The molecule has 1 saturated heterocycles. The molecule has 0 bridgehead atoms. The van der Waals surface area contributed by atoms with Crippen molar-refractivity contribution in [2.24, 2.45) is 7.05 Å². The molecule has 2 N–H and O–H groups in total. The molecule has 8 nitrogen and oxygen atoms in total. The molecule has 1 aromatic carbocycles. The molecule has 1 aromatic heterocycles. The summed E-state index contributed by atoms with van der Waals surface area (Å²) < 4.78 is 36.9. The molecule has 152 valence electrons. The van der Waals surface area contributed by atoms with E-state index in [1.54, 1.807) is 6.20 Å². The number of nitrogens with zero attached hydrogens (tertiary/aromatic N) is 3. The Kier molecular flexibility index (Phi) is 5.73. The number of alkyl halides is 2. The molecule has 1 fully saturated rings. The fraction of sp³-hybridized carbons (Fsp3) is 0.412. The minimum Gasteiger partial charge on any atom is -0.395 e. The molecule has 11 heteroatoms. The Bertz CT molecular complexity index is 863. The van der Waals surface area contributed by atoms with Crippen LogP contribution in [0.1, 0.15) is 11.9 Å². The van der Waals surface area contributed by atoms with Crippen LogP contribution in [0.4, 0.5) is 14.5 Å². The summed E-state index contributed by atoms with van der Waals surface area (Å²) in [6, 6.07) is 4.13. The van der Waals surface area contributed by atoms with Crippen molar-refractivity contribution in [2.45, 2.75) is 12.3 Å². The minimum absolute atomic E-state index is 0. The van der Waals surface area contributed by atoms with Crippen LogP contribution in [0.2, 0.25) is 0 Å². The second-order valence-electron chi connectivity index (χ2n) is 6.46. The summed E-state index contributed by atoms with van der Waals surface area (Å²) in [5, 5.41) is 6.03. The fourth-order valence-corrected chi connectivity index (χ4v) is 3.30. The normalized spacial score (nSPS) is 20.5. The van der Waals surface area contributed by atoms with E-state index in [0.29, 0.717) is 18.8 Å². The average Bonchev–Trinajstić information content (AvgIpc) is 3.16.